The molecule has 0 aromatic carbocycles. The Hall–Kier alpha value is -0.0800. The molecule has 0 atom stereocenters. The third-order valence-corrected chi connectivity index (χ3v) is 5.11. The Morgan fingerprint density at radius 3 is 0.962 bits per heavy atom. The highest BCUT2D eigenvalue weighted by Gasteiger charge is 1.95. The summed E-state index contributed by atoms with van der Waals surface area (Å²) in [6, 6.07) is 0. The summed E-state index contributed by atoms with van der Waals surface area (Å²) in [6.45, 7) is 8.19. The summed E-state index contributed by atoms with van der Waals surface area (Å²) < 4.78 is 11.3. The van der Waals surface area contributed by atoms with Crippen LogP contribution in [0.4, 0.5) is 0 Å². The zero-order valence-corrected chi connectivity index (χ0v) is 18.4. The monoisotopic (exact) mass is 370 g/mol. The van der Waals surface area contributed by atoms with Crippen LogP contribution < -0.4 is 0 Å². The van der Waals surface area contributed by atoms with E-state index >= 15 is 0 Å². The molecule has 0 rings (SSSR count). The van der Waals surface area contributed by atoms with Crippen molar-refractivity contribution < 1.29 is 9.47 Å². The van der Waals surface area contributed by atoms with Crippen molar-refractivity contribution >= 4 is 0 Å². The van der Waals surface area contributed by atoms with E-state index < -0.39 is 0 Å². The molecule has 0 spiro atoms. The van der Waals surface area contributed by atoms with Crippen LogP contribution in [0.5, 0.6) is 0 Å². The molecule has 0 aromatic rings. The smallest absolute Gasteiger partial charge is 0.0466 e. The highest BCUT2D eigenvalue weighted by molar-refractivity contribution is 4.49. The summed E-state index contributed by atoms with van der Waals surface area (Å²) in [5, 5.41) is 0. The van der Waals surface area contributed by atoms with E-state index in [1.807, 2.05) is 0 Å². The molecule has 0 unspecified atom stereocenters. The molecule has 0 aliphatic heterocycles. The first kappa shape index (κ1) is 25.9. The van der Waals surface area contributed by atoms with Crippen LogP contribution in [0.25, 0.3) is 0 Å². The quantitative estimate of drug-likeness (QED) is 0.169. The van der Waals surface area contributed by atoms with E-state index in [2.05, 4.69) is 13.8 Å². The van der Waals surface area contributed by atoms with Crippen molar-refractivity contribution in [3.05, 3.63) is 0 Å². The molecule has 0 saturated heterocycles. The van der Waals surface area contributed by atoms with Crippen LogP contribution in [-0.4, -0.2) is 26.4 Å². The highest BCUT2D eigenvalue weighted by atomic mass is 16.5. The van der Waals surface area contributed by atoms with Gasteiger partial charge in [-0.25, -0.2) is 0 Å². The van der Waals surface area contributed by atoms with Crippen LogP contribution >= 0.6 is 0 Å². The largest absolute Gasteiger partial charge is 0.381 e. The summed E-state index contributed by atoms with van der Waals surface area (Å²) in [5.41, 5.74) is 0. The molecule has 158 valence electrons. The SMILES string of the molecule is CCCCCCCCCCCCCCCCOCCCCOCCCC. The van der Waals surface area contributed by atoms with Gasteiger partial charge in [0.1, 0.15) is 0 Å². The van der Waals surface area contributed by atoms with E-state index in [-0.39, 0.29) is 0 Å². The second kappa shape index (κ2) is 24.9. The fourth-order valence-corrected chi connectivity index (χ4v) is 3.26. The molecule has 0 bridgehead atoms. The Morgan fingerprint density at radius 2 is 0.577 bits per heavy atom. The first-order chi connectivity index (χ1) is 12.9. The normalized spacial score (nSPS) is 11.3. The molecule has 0 N–H and O–H groups in total. The van der Waals surface area contributed by atoms with E-state index in [0.29, 0.717) is 0 Å². The Labute approximate surface area is 165 Å². The van der Waals surface area contributed by atoms with Crippen molar-refractivity contribution in [3.8, 4) is 0 Å². The van der Waals surface area contributed by atoms with Gasteiger partial charge in [0, 0.05) is 26.4 Å². The molecule has 0 saturated carbocycles. The molecular weight excluding hydrogens is 320 g/mol. The van der Waals surface area contributed by atoms with Crippen molar-refractivity contribution in [2.75, 3.05) is 26.4 Å². The molecule has 2 heteroatoms. The maximum atomic E-state index is 5.71. The van der Waals surface area contributed by atoms with Gasteiger partial charge in [0.2, 0.25) is 0 Å². The molecule has 0 amide bonds. The van der Waals surface area contributed by atoms with Crippen LogP contribution in [0.3, 0.4) is 0 Å². The Kier molecular flexibility index (Phi) is 24.8. The van der Waals surface area contributed by atoms with Crippen molar-refractivity contribution in [2.45, 2.75) is 129 Å². The van der Waals surface area contributed by atoms with E-state index in [4.69, 9.17) is 9.47 Å². The maximum Gasteiger partial charge on any atom is 0.0466 e. The fraction of sp³-hybridized carbons (Fsp3) is 1.00. The fourth-order valence-electron chi connectivity index (χ4n) is 3.26. The molecule has 26 heavy (non-hydrogen) atoms. The number of hydrogen-bond acceptors (Lipinski definition) is 2. The average Bonchev–Trinajstić information content (AvgIpc) is 2.66. The molecule has 0 fully saturated rings. The predicted molar refractivity (Wildman–Crippen MR) is 116 cm³/mol. The Balaban J connectivity index is 2.95. The van der Waals surface area contributed by atoms with Crippen molar-refractivity contribution in [1.29, 1.82) is 0 Å². The summed E-state index contributed by atoms with van der Waals surface area (Å²) in [7, 11) is 0. The van der Waals surface area contributed by atoms with E-state index in [1.54, 1.807) is 0 Å². The van der Waals surface area contributed by atoms with E-state index in [9.17, 15) is 0 Å². The molecular formula is C24H50O2. The van der Waals surface area contributed by atoms with Crippen LogP contribution in [0.2, 0.25) is 0 Å². The first-order valence-electron chi connectivity index (χ1n) is 12.1. The van der Waals surface area contributed by atoms with Gasteiger partial charge in [-0.15, -0.1) is 0 Å². The molecule has 0 aromatic heterocycles. The van der Waals surface area contributed by atoms with Gasteiger partial charge >= 0.3 is 0 Å². The van der Waals surface area contributed by atoms with Gasteiger partial charge in [-0.05, 0) is 25.7 Å². The lowest BCUT2D eigenvalue weighted by Gasteiger charge is -2.06. The Bertz CT molecular complexity index is 206. The Morgan fingerprint density at radius 1 is 0.308 bits per heavy atom. The second-order valence-electron chi connectivity index (χ2n) is 7.88. The van der Waals surface area contributed by atoms with Gasteiger partial charge in [-0.3, -0.25) is 0 Å². The predicted octanol–water partition coefficient (Wildman–Crippen LogP) is 8.08. The summed E-state index contributed by atoms with van der Waals surface area (Å²) in [4.78, 5) is 0. The van der Waals surface area contributed by atoms with Crippen molar-refractivity contribution in [3.63, 3.8) is 0 Å². The van der Waals surface area contributed by atoms with Crippen LogP contribution in [0, 0.1) is 0 Å². The third kappa shape index (κ3) is 23.9. The van der Waals surface area contributed by atoms with Gasteiger partial charge in [-0.2, -0.15) is 0 Å². The lowest BCUT2D eigenvalue weighted by Crippen LogP contribution is -2.01. The lowest BCUT2D eigenvalue weighted by molar-refractivity contribution is 0.0997. The molecule has 0 heterocycles. The molecule has 0 aliphatic carbocycles. The minimum atomic E-state index is 0.905. The summed E-state index contributed by atoms with van der Waals surface area (Å²) >= 11 is 0. The zero-order chi connectivity index (χ0) is 19.0. The topological polar surface area (TPSA) is 18.5 Å². The molecule has 2 nitrogen and oxygen atoms in total. The van der Waals surface area contributed by atoms with E-state index in [0.717, 1.165) is 39.3 Å². The van der Waals surface area contributed by atoms with Gasteiger partial charge in [0.25, 0.3) is 0 Å². The standard InChI is InChI=1S/C24H50O2/c1-3-5-7-8-9-10-11-12-13-14-15-16-17-18-22-26-24-20-19-23-25-21-6-4-2/h3-24H2,1-2H3. The average molecular weight is 371 g/mol. The summed E-state index contributed by atoms with van der Waals surface area (Å²) in [6.07, 6.45) is 24.5. The van der Waals surface area contributed by atoms with Crippen LogP contribution in [-0.2, 0) is 9.47 Å². The second-order valence-corrected chi connectivity index (χ2v) is 7.88. The minimum absolute atomic E-state index is 0.905. The van der Waals surface area contributed by atoms with Crippen molar-refractivity contribution in [2.24, 2.45) is 0 Å². The summed E-state index contributed by atoms with van der Waals surface area (Å²) in [5.74, 6) is 0. The van der Waals surface area contributed by atoms with Crippen LogP contribution in [0.15, 0.2) is 0 Å². The van der Waals surface area contributed by atoms with Crippen LogP contribution in [0.1, 0.15) is 129 Å². The highest BCUT2D eigenvalue weighted by Crippen LogP contribution is 2.12. The van der Waals surface area contributed by atoms with Crippen molar-refractivity contribution in [1.82, 2.24) is 0 Å². The van der Waals surface area contributed by atoms with Gasteiger partial charge in [0.05, 0.1) is 0 Å². The first-order valence-corrected chi connectivity index (χ1v) is 12.1. The number of rotatable bonds is 23. The van der Waals surface area contributed by atoms with Gasteiger partial charge in [-0.1, -0.05) is 104 Å². The van der Waals surface area contributed by atoms with E-state index in [1.165, 1.54) is 103 Å². The number of ether oxygens (including phenoxy) is 2. The lowest BCUT2D eigenvalue weighted by atomic mass is 10.0. The number of hydrogen-bond donors (Lipinski definition) is 0. The van der Waals surface area contributed by atoms with Gasteiger partial charge < -0.3 is 9.47 Å². The zero-order valence-electron chi connectivity index (χ0n) is 18.4. The minimum Gasteiger partial charge on any atom is -0.381 e. The third-order valence-electron chi connectivity index (χ3n) is 5.11. The molecule has 0 aliphatic rings. The molecule has 0 radical (unpaired) electrons. The van der Waals surface area contributed by atoms with Gasteiger partial charge in [0.15, 0.2) is 0 Å². The number of unbranched alkanes of at least 4 members (excludes halogenated alkanes) is 15. The maximum absolute atomic E-state index is 5.71.